The van der Waals surface area contributed by atoms with E-state index in [1.54, 1.807) is 17.3 Å². The van der Waals surface area contributed by atoms with Crippen LogP contribution in [0.2, 0.25) is 0 Å². The molecule has 1 aromatic carbocycles. The molecule has 30 heavy (non-hydrogen) atoms. The summed E-state index contributed by atoms with van der Waals surface area (Å²) in [5.74, 6) is -0.238. The number of carbonyl (C=O) groups excluding carboxylic acids is 2. The molecular weight excluding hydrogens is 378 g/mol. The molecule has 0 radical (unpaired) electrons. The number of aryl methyl sites for hydroxylation is 1. The third-order valence-corrected chi connectivity index (χ3v) is 6.22. The Hall–Kier alpha value is -3.48. The third kappa shape index (κ3) is 2.65. The van der Waals surface area contributed by atoms with Crippen LogP contribution in [0.15, 0.2) is 54.9 Å². The summed E-state index contributed by atoms with van der Waals surface area (Å²) in [5.41, 5.74) is 3.09. The second-order valence-corrected chi connectivity index (χ2v) is 7.94. The smallest absolute Gasteiger partial charge is 0.274 e. The van der Waals surface area contributed by atoms with Crippen molar-refractivity contribution in [2.45, 2.75) is 37.6 Å². The molecule has 1 saturated heterocycles. The van der Waals surface area contributed by atoms with Crippen molar-refractivity contribution in [1.82, 2.24) is 20.1 Å². The first-order valence-corrected chi connectivity index (χ1v) is 10.3. The van der Waals surface area contributed by atoms with Crippen molar-refractivity contribution in [3.05, 3.63) is 77.4 Å². The maximum atomic E-state index is 13.5. The summed E-state index contributed by atoms with van der Waals surface area (Å²) in [6, 6.07) is 12.9. The molecule has 7 nitrogen and oxygen atoms in total. The topological polar surface area (TPSA) is 91.0 Å². The van der Waals surface area contributed by atoms with Crippen LogP contribution in [0.4, 0.5) is 5.69 Å². The van der Waals surface area contributed by atoms with E-state index in [0.29, 0.717) is 18.7 Å². The van der Waals surface area contributed by atoms with Crippen molar-refractivity contribution in [3.63, 3.8) is 0 Å². The van der Waals surface area contributed by atoms with Gasteiger partial charge in [-0.2, -0.15) is 5.10 Å². The molecule has 0 bridgehead atoms. The monoisotopic (exact) mass is 401 g/mol. The highest BCUT2D eigenvalue weighted by atomic mass is 16.2. The normalized spacial score (nSPS) is 22.4. The summed E-state index contributed by atoms with van der Waals surface area (Å²) in [6.07, 6.45) is 5.81. The maximum Gasteiger partial charge on any atom is 0.274 e. The number of aromatic nitrogens is 3. The number of aromatic amines is 1. The van der Waals surface area contributed by atoms with Crippen LogP contribution in [0, 0.1) is 0 Å². The molecule has 5 rings (SSSR count). The highest BCUT2D eigenvalue weighted by Crippen LogP contribution is 2.54. The van der Waals surface area contributed by atoms with Gasteiger partial charge in [-0.1, -0.05) is 37.6 Å². The van der Waals surface area contributed by atoms with Crippen molar-refractivity contribution >= 4 is 17.5 Å². The molecule has 0 saturated carbocycles. The largest absolute Gasteiger partial charge is 0.329 e. The first kappa shape index (κ1) is 18.5. The van der Waals surface area contributed by atoms with Crippen molar-refractivity contribution in [1.29, 1.82) is 0 Å². The Labute approximate surface area is 174 Å². The molecule has 152 valence electrons. The number of H-pyrrole nitrogens is 1. The minimum Gasteiger partial charge on any atom is -0.329 e. The van der Waals surface area contributed by atoms with E-state index < -0.39 is 11.5 Å². The SMILES string of the molecule is CCCc1cc(C(=O)N2CCC3(C(=O)Nc4ccccc43)C2c2cccnc2)n[nH]1. The number of hydrogen-bond acceptors (Lipinski definition) is 4. The highest BCUT2D eigenvalue weighted by Gasteiger charge is 2.59. The van der Waals surface area contributed by atoms with Crippen molar-refractivity contribution in [3.8, 4) is 0 Å². The van der Waals surface area contributed by atoms with Gasteiger partial charge in [0.2, 0.25) is 5.91 Å². The fourth-order valence-corrected chi connectivity index (χ4v) is 4.92. The number of para-hydroxylation sites is 1. The molecule has 4 heterocycles. The Morgan fingerprint density at radius 1 is 1.27 bits per heavy atom. The number of hydrogen-bond donors (Lipinski definition) is 2. The highest BCUT2D eigenvalue weighted by molar-refractivity contribution is 6.08. The molecule has 2 N–H and O–H groups in total. The summed E-state index contributed by atoms with van der Waals surface area (Å²) in [5, 5.41) is 10.2. The van der Waals surface area contributed by atoms with Gasteiger partial charge in [-0.25, -0.2) is 0 Å². The Morgan fingerprint density at radius 2 is 2.13 bits per heavy atom. The van der Waals surface area contributed by atoms with Gasteiger partial charge in [0.15, 0.2) is 0 Å². The Kier molecular flexibility index (Phi) is 4.38. The number of pyridine rings is 1. The number of carbonyl (C=O) groups is 2. The quantitative estimate of drug-likeness (QED) is 0.702. The molecule has 1 spiro atoms. The van der Waals surface area contributed by atoms with Gasteiger partial charge in [-0.05, 0) is 42.2 Å². The van der Waals surface area contributed by atoms with Gasteiger partial charge in [-0.3, -0.25) is 19.7 Å². The van der Waals surface area contributed by atoms with Crippen LogP contribution in [-0.4, -0.2) is 38.4 Å². The summed E-state index contributed by atoms with van der Waals surface area (Å²) >= 11 is 0. The number of amides is 2. The first-order valence-electron chi connectivity index (χ1n) is 10.3. The molecule has 2 unspecified atom stereocenters. The van der Waals surface area contributed by atoms with E-state index in [1.807, 2.05) is 42.5 Å². The summed E-state index contributed by atoms with van der Waals surface area (Å²) in [7, 11) is 0. The second kappa shape index (κ2) is 7.09. The molecule has 2 aliphatic rings. The van der Waals surface area contributed by atoms with Gasteiger partial charge in [0.25, 0.3) is 5.91 Å². The third-order valence-electron chi connectivity index (χ3n) is 6.22. The van der Waals surface area contributed by atoms with E-state index in [9.17, 15) is 9.59 Å². The minimum absolute atomic E-state index is 0.0680. The van der Waals surface area contributed by atoms with Gasteiger partial charge in [-0.15, -0.1) is 0 Å². The Morgan fingerprint density at radius 3 is 2.93 bits per heavy atom. The van der Waals surface area contributed by atoms with Crippen LogP contribution in [0.5, 0.6) is 0 Å². The number of likely N-dealkylation sites (tertiary alicyclic amines) is 1. The number of fused-ring (bicyclic) bond motifs is 2. The number of anilines is 1. The van der Waals surface area contributed by atoms with E-state index >= 15 is 0 Å². The number of benzene rings is 1. The van der Waals surface area contributed by atoms with E-state index in [-0.39, 0.29) is 11.8 Å². The predicted octanol–water partition coefficient (Wildman–Crippen LogP) is 3.23. The van der Waals surface area contributed by atoms with E-state index in [4.69, 9.17) is 0 Å². The molecule has 1 fully saturated rings. The van der Waals surface area contributed by atoms with Crippen molar-refractivity contribution in [2.75, 3.05) is 11.9 Å². The van der Waals surface area contributed by atoms with Gasteiger partial charge in [0.05, 0.1) is 6.04 Å². The Balaban J connectivity index is 1.61. The minimum atomic E-state index is -0.835. The van der Waals surface area contributed by atoms with Crippen LogP contribution < -0.4 is 5.32 Å². The maximum absolute atomic E-state index is 13.5. The van der Waals surface area contributed by atoms with E-state index in [2.05, 4.69) is 27.4 Å². The van der Waals surface area contributed by atoms with Crippen molar-refractivity contribution in [2.24, 2.45) is 0 Å². The summed E-state index contributed by atoms with van der Waals surface area (Å²) < 4.78 is 0. The molecule has 2 atom stereocenters. The lowest BCUT2D eigenvalue weighted by molar-refractivity contribution is -0.121. The van der Waals surface area contributed by atoms with Gasteiger partial charge >= 0.3 is 0 Å². The zero-order chi connectivity index (χ0) is 20.7. The summed E-state index contributed by atoms with van der Waals surface area (Å²) in [6.45, 7) is 2.55. The first-order chi connectivity index (χ1) is 14.6. The summed E-state index contributed by atoms with van der Waals surface area (Å²) in [4.78, 5) is 32.9. The van der Waals surface area contributed by atoms with Crippen LogP contribution >= 0.6 is 0 Å². The average molecular weight is 401 g/mol. The standard InChI is InChI=1S/C23H23N5O2/c1-2-6-16-13-19(27-26-16)21(29)28-12-10-23(20(28)15-7-5-11-24-14-15)17-8-3-4-9-18(17)25-22(23)30/h3-5,7-9,11,13-14,20H,2,6,10,12H2,1H3,(H,25,30)(H,26,27). The zero-order valence-corrected chi connectivity index (χ0v) is 16.8. The van der Waals surface area contributed by atoms with Crippen LogP contribution in [0.25, 0.3) is 0 Å². The van der Waals surface area contributed by atoms with Crippen LogP contribution in [0.1, 0.15) is 53.1 Å². The van der Waals surface area contributed by atoms with Gasteiger partial charge in [0.1, 0.15) is 11.1 Å². The fraction of sp³-hybridized carbons (Fsp3) is 0.304. The molecule has 2 aromatic heterocycles. The lowest BCUT2D eigenvalue weighted by Crippen LogP contribution is -2.42. The zero-order valence-electron chi connectivity index (χ0n) is 16.8. The molecule has 2 aliphatic heterocycles. The van der Waals surface area contributed by atoms with Gasteiger partial charge < -0.3 is 10.2 Å². The fourth-order valence-electron chi connectivity index (χ4n) is 4.92. The molecule has 7 heteroatoms. The van der Waals surface area contributed by atoms with E-state index in [1.165, 1.54) is 0 Å². The van der Waals surface area contributed by atoms with E-state index in [0.717, 1.165) is 35.3 Å². The lowest BCUT2D eigenvalue weighted by atomic mass is 9.73. The second-order valence-electron chi connectivity index (χ2n) is 7.94. The number of rotatable bonds is 4. The lowest BCUT2D eigenvalue weighted by Gasteiger charge is -2.33. The average Bonchev–Trinajstić information content (AvgIpc) is 3.46. The molecule has 2 amide bonds. The van der Waals surface area contributed by atoms with Crippen molar-refractivity contribution < 1.29 is 9.59 Å². The predicted molar refractivity (Wildman–Crippen MR) is 112 cm³/mol. The number of nitrogens with zero attached hydrogens (tertiary/aromatic N) is 3. The molecule has 3 aromatic rings. The van der Waals surface area contributed by atoms with Crippen LogP contribution in [0.3, 0.4) is 0 Å². The Bertz CT molecular complexity index is 1110. The molecular formula is C23H23N5O2. The molecule has 0 aliphatic carbocycles. The van der Waals surface area contributed by atoms with Crippen LogP contribution in [-0.2, 0) is 16.6 Å². The van der Waals surface area contributed by atoms with Gasteiger partial charge in [0, 0.05) is 30.3 Å². The number of nitrogens with one attached hydrogen (secondary N) is 2.